The molecule has 0 amide bonds. The number of carboxylic acids is 1. The first-order chi connectivity index (χ1) is 12.9. The molecule has 0 aliphatic heterocycles. The van der Waals surface area contributed by atoms with Crippen molar-refractivity contribution in [3.63, 3.8) is 0 Å². The second kappa shape index (κ2) is 8.02. The summed E-state index contributed by atoms with van der Waals surface area (Å²) >= 11 is 0. The van der Waals surface area contributed by atoms with E-state index >= 15 is 0 Å². The molecule has 0 saturated carbocycles. The molecule has 1 aliphatic carbocycles. The molecule has 0 unspecified atom stereocenters. The Bertz CT molecular complexity index is 902. The van der Waals surface area contributed by atoms with Crippen molar-refractivity contribution in [2.45, 2.75) is 32.8 Å². The van der Waals surface area contributed by atoms with Gasteiger partial charge in [0, 0.05) is 24.0 Å². The van der Waals surface area contributed by atoms with Crippen LogP contribution < -0.4 is 0 Å². The largest absolute Gasteiger partial charge is 0.478 e. The second-order valence-corrected chi connectivity index (χ2v) is 7.49. The van der Waals surface area contributed by atoms with Gasteiger partial charge in [0.1, 0.15) is 17.2 Å². The smallest absolute Gasteiger partial charge is 0.328 e. The minimum atomic E-state index is -1.59. The summed E-state index contributed by atoms with van der Waals surface area (Å²) in [5, 5.41) is 20.2. The van der Waals surface area contributed by atoms with Gasteiger partial charge in [0.2, 0.25) is 0 Å². The molecule has 0 radical (unpaired) electrons. The monoisotopic (exact) mass is 388 g/mol. The first-order valence-corrected chi connectivity index (χ1v) is 8.65. The highest BCUT2D eigenvalue weighted by molar-refractivity contribution is 5.94. The van der Waals surface area contributed by atoms with Crippen LogP contribution in [0, 0.1) is 17.0 Å². The molecule has 0 saturated heterocycles. The molecule has 1 aromatic rings. The Kier molecular flexibility index (Phi) is 6.14. The minimum absolute atomic E-state index is 0.0848. The molecule has 0 aromatic heterocycles. The van der Waals surface area contributed by atoms with Crippen LogP contribution in [0.4, 0.5) is 8.78 Å². The number of carbonyl (C=O) groups excluding carboxylic acids is 1. The maximum atomic E-state index is 13.4. The molecule has 2 rings (SSSR count). The van der Waals surface area contributed by atoms with Gasteiger partial charge in [-0.15, -0.1) is 0 Å². The standard InChI is InChI=1S/C22H22F2O4/c1-14(8-20(26)27)6-7-22(28)16(11-19(25)13-21(22,2)3)5-4-15-9-17(23)12-18(24)10-15/h4-12,28H,13H2,1-3H3,(H,26,27)/b5-4+,7-6+,14-8-/t22-/m1/s1. The second-order valence-electron chi connectivity index (χ2n) is 7.49. The molecule has 0 spiro atoms. The summed E-state index contributed by atoms with van der Waals surface area (Å²) in [4.78, 5) is 22.9. The Morgan fingerprint density at radius 1 is 1.14 bits per heavy atom. The Balaban J connectivity index is 2.48. The number of rotatable bonds is 5. The molecule has 6 heteroatoms. The number of carboxylic acid groups (broad SMARTS) is 1. The number of benzene rings is 1. The van der Waals surface area contributed by atoms with E-state index in [4.69, 9.17) is 5.11 Å². The zero-order valence-electron chi connectivity index (χ0n) is 15.9. The Morgan fingerprint density at radius 2 is 1.75 bits per heavy atom. The van der Waals surface area contributed by atoms with Crippen molar-refractivity contribution < 1.29 is 28.6 Å². The third kappa shape index (κ3) is 4.89. The van der Waals surface area contributed by atoms with Crippen LogP contribution in [-0.4, -0.2) is 27.6 Å². The quantitative estimate of drug-likeness (QED) is 0.585. The lowest BCUT2D eigenvalue weighted by Gasteiger charge is -2.44. The van der Waals surface area contributed by atoms with Crippen LogP contribution in [0.2, 0.25) is 0 Å². The Hall–Kier alpha value is -2.86. The van der Waals surface area contributed by atoms with Crippen molar-refractivity contribution >= 4 is 17.8 Å². The summed E-state index contributed by atoms with van der Waals surface area (Å²) in [5.74, 6) is -2.78. The van der Waals surface area contributed by atoms with Gasteiger partial charge >= 0.3 is 5.97 Å². The van der Waals surface area contributed by atoms with Crippen LogP contribution in [0.1, 0.15) is 32.8 Å². The van der Waals surface area contributed by atoms with Gasteiger partial charge in [-0.1, -0.05) is 32.1 Å². The topological polar surface area (TPSA) is 74.6 Å². The Morgan fingerprint density at radius 3 is 2.32 bits per heavy atom. The number of aliphatic carboxylic acids is 1. The van der Waals surface area contributed by atoms with Gasteiger partial charge in [0.25, 0.3) is 0 Å². The number of allylic oxidation sites excluding steroid dienone is 3. The Labute approximate surface area is 162 Å². The van der Waals surface area contributed by atoms with Crippen LogP contribution in [0.5, 0.6) is 0 Å². The molecule has 148 valence electrons. The summed E-state index contributed by atoms with van der Waals surface area (Å²) in [6.07, 6.45) is 8.12. The molecule has 2 N–H and O–H groups in total. The van der Waals surface area contributed by atoms with Crippen LogP contribution >= 0.6 is 0 Å². The average molecular weight is 388 g/mol. The maximum Gasteiger partial charge on any atom is 0.328 e. The third-order valence-corrected chi connectivity index (χ3v) is 4.68. The summed E-state index contributed by atoms with van der Waals surface area (Å²) in [6, 6.07) is 3.01. The van der Waals surface area contributed by atoms with Gasteiger partial charge in [-0.25, -0.2) is 13.6 Å². The number of ketones is 1. The highest BCUT2D eigenvalue weighted by Crippen LogP contribution is 2.45. The van der Waals surface area contributed by atoms with E-state index < -0.39 is 28.6 Å². The fraction of sp³-hybridized carbons (Fsp3) is 0.273. The average Bonchev–Trinajstić information content (AvgIpc) is 2.53. The number of hydrogen-bond donors (Lipinski definition) is 2. The fourth-order valence-electron chi connectivity index (χ4n) is 3.14. The number of carbonyl (C=O) groups is 2. The van der Waals surface area contributed by atoms with Crippen molar-refractivity contribution in [3.8, 4) is 0 Å². The van der Waals surface area contributed by atoms with Crippen molar-refractivity contribution in [2.24, 2.45) is 5.41 Å². The molecule has 1 aromatic carbocycles. The van der Waals surface area contributed by atoms with Crippen molar-refractivity contribution in [2.75, 3.05) is 0 Å². The molecular weight excluding hydrogens is 366 g/mol. The minimum Gasteiger partial charge on any atom is -0.478 e. The summed E-state index contributed by atoms with van der Waals surface area (Å²) in [7, 11) is 0. The summed E-state index contributed by atoms with van der Waals surface area (Å²) in [6.45, 7) is 5.01. The molecule has 1 aliphatic rings. The summed E-state index contributed by atoms with van der Waals surface area (Å²) in [5.41, 5.74) is -1.58. The zero-order valence-corrected chi connectivity index (χ0v) is 15.9. The van der Waals surface area contributed by atoms with Gasteiger partial charge in [-0.2, -0.15) is 0 Å². The van der Waals surface area contributed by atoms with E-state index in [9.17, 15) is 23.5 Å². The van der Waals surface area contributed by atoms with Gasteiger partial charge in [0.15, 0.2) is 5.78 Å². The zero-order chi connectivity index (χ0) is 21.1. The molecule has 0 heterocycles. The van der Waals surface area contributed by atoms with Crippen molar-refractivity contribution in [1.82, 2.24) is 0 Å². The predicted octanol–water partition coefficient (Wildman–Crippen LogP) is 4.22. The van der Waals surface area contributed by atoms with Crippen molar-refractivity contribution in [3.05, 3.63) is 76.9 Å². The molecule has 0 fully saturated rings. The molecule has 4 nitrogen and oxygen atoms in total. The summed E-state index contributed by atoms with van der Waals surface area (Å²) < 4.78 is 26.8. The van der Waals surface area contributed by atoms with Crippen molar-refractivity contribution in [1.29, 1.82) is 0 Å². The normalized spacial score (nSPS) is 22.7. The molecule has 0 bridgehead atoms. The highest BCUT2D eigenvalue weighted by Gasteiger charge is 2.47. The van der Waals surface area contributed by atoms with Crippen LogP contribution in [-0.2, 0) is 9.59 Å². The van der Waals surface area contributed by atoms with Crippen LogP contribution in [0.15, 0.2) is 59.7 Å². The van der Waals surface area contributed by atoms with E-state index in [1.165, 1.54) is 30.4 Å². The predicted molar refractivity (Wildman–Crippen MR) is 102 cm³/mol. The van der Waals surface area contributed by atoms with Gasteiger partial charge < -0.3 is 10.2 Å². The third-order valence-electron chi connectivity index (χ3n) is 4.68. The molecule has 1 atom stereocenters. The lowest BCUT2D eigenvalue weighted by atomic mass is 9.64. The van der Waals surface area contributed by atoms with E-state index in [1.807, 2.05) is 0 Å². The lowest BCUT2D eigenvalue weighted by Crippen LogP contribution is -2.48. The van der Waals surface area contributed by atoms with E-state index in [0.717, 1.165) is 24.3 Å². The fourth-order valence-corrected chi connectivity index (χ4v) is 3.14. The highest BCUT2D eigenvalue weighted by atomic mass is 19.1. The van der Waals surface area contributed by atoms with Gasteiger partial charge in [-0.05, 0) is 47.9 Å². The van der Waals surface area contributed by atoms with Crippen LogP contribution in [0.25, 0.3) is 6.08 Å². The van der Waals surface area contributed by atoms with E-state index in [0.29, 0.717) is 5.57 Å². The number of halogens is 2. The first kappa shape index (κ1) is 21.4. The van der Waals surface area contributed by atoms with Gasteiger partial charge in [0.05, 0.1) is 0 Å². The SMILES string of the molecule is CC(=C/C(=O)O)/C=C/[C@@]1(O)C(/C=C/c2cc(F)cc(F)c2)=CC(=O)CC1(C)C. The lowest BCUT2D eigenvalue weighted by molar-refractivity contribution is -0.131. The number of hydrogen-bond acceptors (Lipinski definition) is 3. The first-order valence-electron chi connectivity index (χ1n) is 8.65. The number of aliphatic hydroxyl groups is 1. The maximum absolute atomic E-state index is 13.4. The van der Waals surface area contributed by atoms with E-state index in [-0.39, 0.29) is 23.3 Å². The van der Waals surface area contributed by atoms with E-state index in [1.54, 1.807) is 20.8 Å². The van der Waals surface area contributed by atoms with E-state index in [2.05, 4.69) is 0 Å². The van der Waals surface area contributed by atoms with Gasteiger partial charge in [-0.3, -0.25) is 4.79 Å². The molecule has 28 heavy (non-hydrogen) atoms. The van der Waals surface area contributed by atoms with Crippen LogP contribution in [0.3, 0.4) is 0 Å². The molecular formula is C22H22F2O4.